The first-order valence-electron chi connectivity index (χ1n) is 7.56. The Morgan fingerprint density at radius 2 is 2.19 bits per heavy atom. The third-order valence-corrected chi connectivity index (χ3v) is 4.21. The molecule has 0 amide bonds. The van der Waals surface area contributed by atoms with Gasteiger partial charge in [-0.2, -0.15) is 4.98 Å². The molecule has 110 valence electrons. The van der Waals surface area contributed by atoms with E-state index in [9.17, 15) is 5.11 Å². The minimum Gasteiger partial charge on any atom is -0.483 e. The summed E-state index contributed by atoms with van der Waals surface area (Å²) in [6.45, 7) is 0.284. The number of nitrogens with zero attached hydrogens (tertiary/aromatic N) is 2. The molecular formula is C16H18N2O3. The Balaban J connectivity index is 1.50. The molecule has 2 aromatic rings. The van der Waals surface area contributed by atoms with E-state index < -0.39 is 0 Å². The molecule has 0 saturated heterocycles. The highest BCUT2D eigenvalue weighted by molar-refractivity contribution is 5.42. The second-order valence-corrected chi connectivity index (χ2v) is 5.84. The molecule has 1 N–H and O–H groups in total. The highest BCUT2D eigenvalue weighted by atomic mass is 16.5. The molecule has 1 saturated carbocycles. The van der Waals surface area contributed by atoms with Crippen LogP contribution in [0.1, 0.15) is 60.5 Å². The second-order valence-electron chi connectivity index (χ2n) is 5.84. The summed E-state index contributed by atoms with van der Waals surface area (Å²) in [7, 11) is 0. The molecule has 1 unspecified atom stereocenters. The van der Waals surface area contributed by atoms with E-state index in [0.29, 0.717) is 11.8 Å². The first kappa shape index (κ1) is 12.8. The fourth-order valence-electron chi connectivity index (χ4n) is 2.90. The number of benzene rings is 1. The van der Waals surface area contributed by atoms with Crippen LogP contribution in [-0.2, 0) is 13.0 Å². The van der Waals surface area contributed by atoms with E-state index in [1.54, 1.807) is 0 Å². The van der Waals surface area contributed by atoms with Crippen molar-refractivity contribution in [3.8, 4) is 5.75 Å². The SMILES string of the molecule is OC1CCCc2c(OCc3nc(C4CC4)no3)cccc21. The average Bonchev–Trinajstić information content (AvgIpc) is 3.25. The van der Waals surface area contributed by atoms with Gasteiger partial charge in [0.25, 0.3) is 5.89 Å². The zero-order chi connectivity index (χ0) is 14.2. The van der Waals surface area contributed by atoms with Gasteiger partial charge in [-0.25, -0.2) is 0 Å². The van der Waals surface area contributed by atoms with E-state index in [1.165, 1.54) is 0 Å². The molecule has 5 heteroatoms. The molecule has 2 aliphatic carbocycles. The Morgan fingerprint density at radius 3 is 3.05 bits per heavy atom. The molecule has 1 heterocycles. The van der Waals surface area contributed by atoms with Gasteiger partial charge in [0, 0.05) is 5.92 Å². The molecule has 2 aliphatic rings. The maximum absolute atomic E-state index is 10.0. The molecular weight excluding hydrogens is 268 g/mol. The van der Waals surface area contributed by atoms with Crippen molar-refractivity contribution >= 4 is 0 Å². The number of aliphatic hydroxyl groups excluding tert-OH is 1. The Bertz CT molecular complexity index is 649. The molecule has 21 heavy (non-hydrogen) atoms. The Kier molecular flexibility index (Phi) is 3.15. The van der Waals surface area contributed by atoms with Gasteiger partial charge in [0.05, 0.1) is 6.10 Å². The summed E-state index contributed by atoms with van der Waals surface area (Å²) < 4.78 is 11.1. The van der Waals surface area contributed by atoms with Crippen LogP contribution >= 0.6 is 0 Å². The van der Waals surface area contributed by atoms with Crippen LogP contribution in [0.25, 0.3) is 0 Å². The lowest BCUT2D eigenvalue weighted by Gasteiger charge is -2.23. The lowest BCUT2D eigenvalue weighted by molar-refractivity contribution is 0.154. The van der Waals surface area contributed by atoms with Gasteiger partial charge in [0.1, 0.15) is 5.75 Å². The molecule has 5 nitrogen and oxygen atoms in total. The predicted octanol–water partition coefficient (Wildman–Crippen LogP) is 2.90. The van der Waals surface area contributed by atoms with Crippen molar-refractivity contribution in [1.82, 2.24) is 10.1 Å². The molecule has 1 atom stereocenters. The van der Waals surface area contributed by atoms with Gasteiger partial charge in [-0.3, -0.25) is 0 Å². The first-order valence-corrected chi connectivity index (χ1v) is 7.56. The smallest absolute Gasteiger partial charge is 0.264 e. The number of hydrogen-bond acceptors (Lipinski definition) is 5. The third-order valence-electron chi connectivity index (χ3n) is 4.21. The zero-order valence-corrected chi connectivity index (χ0v) is 11.8. The van der Waals surface area contributed by atoms with Crippen molar-refractivity contribution in [1.29, 1.82) is 0 Å². The third kappa shape index (κ3) is 2.53. The Hall–Kier alpha value is -1.88. The van der Waals surface area contributed by atoms with Crippen LogP contribution in [0.2, 0.25) is 0 Å². The number of ether oxygens (including phenoxy) is 1. The number of fused-ring (bicyclic) bond motifs is 1. The Labute approximate surface area is 122 Å². The van der Waals surface area contributed by atoms with Crippen molar-refractivity contribution in [2.24, 2.45) is 0 Å². The van der Waals surface area contributed by atoms with Gasteiger partial charge < -0.3 is 14.4 Å². The summed E-state index contributed by atoms with van der Waals surface area (Å²) in [5.74, 6) is 2.63. The number of hydrogen-bond donors (Lipinski definition) is 1. The van der Waals surface area contributed by atoms with Gasteiger partial charge in [-0.15, -0.1) is 0 Å². The van der Waals surface area contributed by atoms with Crippen LogP contribution in [-0.4, -0.2) is 15.2 Å². The first-order chi connectivity index (χ1) is 10.3. The van der Waals surface area contributed by atoms with Crippen LogP contribution in [0.5, 0.6) is 5.75 Å². The van der Waals surface area contributed by atoms with Gasteiger partial charge in [-0.05, 0) is 49.3 Å². The molecule has 0 aliphatic heterocycles. The summed E-state index contributed by atoms with van der Waals surface area (Å²) >= 11 is 0. The molecule has 0 radical (unpaired) electrons. The van der Waals surface area contributed by atoms with Crippen molar-refractivity contribution in [3.05, 3.63) is 41.0 Å². The largest absolute Gasteiger partial charge is 0.483 e. The second kappa shape index (κ2) is 5.15. The van der Waals surface area contributed by atoms with E-state index in [-0.39, 0.29) is 12.7 Å². The summed E-state index contributed by atoms with van der Waals surface area (Å²) in [6.07, 6.45) is 4.70. The topological polar surface area (TPSA) is 68.4 Å². The molecule has 1 fully saturated rings. The maximum atomic E-state index is 10.0. The van der Waals surface area contributed by atoms with Crippen molar-refractivity contribution in [3.63, 3.8) is 0 Å². The maximum Gasteiger partial charge on any atom is 0.264 e. The van der Waals surface area contributed by atoms with Gasteiger partial charge in [-0.1, -0.05) is 17.3 Å². The highest BCUT2D eigenvalue weighted by Crippen LogP contribution is 2.38. The summed E-state index contributed by atoms with van der Waals surface area (Å²) in [5.41, 5.74) is 2.10. The quantitative estimate of drug-likeness (QED) is 0.936. The minimum atomic E-state index is -0.373. The molecule has 0 bridgehead atoms. The summed E-state index contributed by atoms with van der Waals surface area (Å²) in [5, 5.41) is 14.0. The monoisotopic (exact) mass is 286 g/mol. The summed E-state index contributed by atoms with van der Waals surface area (Å²) in [4.78, 5) is 4.36. The van der Waals surface area contributed by atoms with E-state index in [1.807, 2.05) is 18.2 Å². The number of aromatic nitrogens is 2. The average molecular weight is 286 g/mol. The summed E-state index contributed by atoms with van der Waals surface area (Å²) in [6, 6.07) is 5.84. The van der Waals surface area contributed by atoms with Crippen LogP contribution < -0.4 is 4.74 Å². The molecule has 1 aromatic carbocycles. The minimum absolute atomic E-state index is 0.284. The van der Waals surface area contributed by atoms with E-state index >= 15 is 0 Å². The van der Waals surface area contributed by atoms with Crippen molar-refractivity contribution in [2.45, 2.75) is 50.7 Å². The standard InChI is InChI=1S/C16H18N2O3/c19-13-5-1-4-12-11(13)3-2-6-14(12)20-9-15-17-16(18-21-15)10-7-8-10/h2-3,6,10,13,19H,1,4-5,7-9H2. The molecule has 4 rings (SSSR count). The Morgan fingerprint density at radius 1 is 1.29 bits per heavy atom. The van der Waals surface area contributed by atoms with Crippen molar-refractivity contribution < 1.29 is 14.4 Å². The van der Waals surface area contributed by atoms with E-state index in [2.05, 4.69) is 10.1 Å². The fourth-order valence-corrected chi connectivity index (χ4v) is 2.90. The lowest BCUT2D eigenvalue weighted by atomic mass is 9.89. The van der Waals surface area contributed by atoms with E-state index in [0.717, 1.165) is 54.8 Å². The molecule has 0 spiro atoms. The fraction of sp³-hybridized carbons (Fsp3) is 0.500. The number of rotatable bonds is 4. The van der Waals surface area contributed by atoms with Crippen LogP contribution in [0, 0.1) is 0 Å². The van der Waals surface area contributed by atoms with Crippen LogP contribution in [0.15, 0.2) is 22.7 Å². The van der Waals surface area contributed by atoms with E-state index in [4.69, 9.17) is 9.26 Å². The normalized spacial score (nSPS) is 21.1. The van der Waals surface area contributed by atoms with Gasteiger partial charge >= 0.3 is 0 Å². The highest BCUT2D eigenvalue weighted by Gasteiger charge is 2.29. The van der Waals surface area contributed by atoms with Gasteiger partial charge in [0.15, 0.2) is 12.4 Å². The van der Waals surface area contributed by atoms with Crippen LogP contribution in [0.4, 0.5) is 0 Å². The van der Waals surface area contributed by atoms with Crippen LogP contribution in [0.3, 0.4) is 0 Å². The lowest BCUT2D eigenvalue weighted by Crippen LogP contribution is -2.11. The van der Waals surface area contributed by atoms with Gasteiger partial charge in [0.2, 0.25) is 0 Å². The number of aliphatic hydroxyl groups is 1. The predicted molar refractivity (Wildman–Crippen MR) is 74.9 cm³/mol. The van der Waals surface area contributed by atoms with Crippen molar-refractivity contribution in [2.75, 3.05) is 0 Å². The zero-order valence-electron chi connectivity index (χ0n) is 11.8. The molecule has 1 aromatic heterocycles.